The van der Waals surface area contributed by atoms with Crippen molar-refractivity contribution in [2.45, 2.75) is 13.0 Å². The summed E-state index contributed by atoms with van der Waals surface area (Å²) in [6.45, 7) is 1.77. The molecule has 2 aromatic carbocycles. The molecule has 106 valence electrons. The van der Waals surface area contributed by atoms with Crippen LogP contribution in [-0.4, -0.2) is 19.3 Å². The van der Waals surface area contributed by atoms with E-state index in [1.54, 1.807) is 14.0 Å². The Hall–Kier alpha value is -1.52. The smallest absolute Gasteiger partial charge is 0.142 e. The Kier molecular flexibility index (Phi) is 4.68. The second-order valence-electron chi connectivity index (χ2n) is 4.61. The van der Waals surface area contributed by atoms with Gasteiger partial charge in [-0.25, -0.2) is 0 Å². The van der Waals surface area contributed by atoms with E-state index in [-0.39, 0.29) is 0 Å². The van der Waals surface area contributed by atoms with Crippen molar-refractivity contribution < 1.29 is 9.84 Å². The lowest BCUT2D eigenvalue weighted by Crippen LogP contribution is -2.13. The average Bonchev–Trinajstić information content (AvgIpc) is 2.46. The number of nitrogens with zero attached hydrogens (tertiary/aromatic N) is 1. The Bertz CT molecular complexity index is 599. The van der Waals surface area contributed by atoms with Crippen molar-refractivity contribution in [2.24, 2.45) is 0 Å². The molecule has 0 radical (unpaired) electrons. The van der Waals surface area contributed by atoms with E-state index >= 15 is 0 Å². The number of hydrogen-bond acceptors (Lipinski definition) is 3. The number of benzene rings is 2. The summed E-state index contributed by atoms with van der Waals surface area (Å²) in [6, 6.07) is 13.7. The van der Waals surface area contributed by atoms with E-state index in [9.17, 15) is 5.11 Å². The lowest BCUT2D eigenvalue weighted by molar-refractivity contribution is 0.200. The van der Waals surface area contributed by atoms with Gasteiger partial charge in [0, 0.05) is 22.8 Å². The molecule has 0 bridgehead atoms. The van der Waals surface area contributed by atoms with Gasteiger partial charge in [0.15, 0.2) is 0 Å². The molecule has 2 rings (SSSR count). The minimum Gasteiger partial charge on any atom is -0.495 e. The fourth-order valence-corrected chi connectivity index (χ4v) is 2.55. The molecule has 0 heterocycles. The summed E-state index contributed by atoms with van der Waals surface area (Å²) < 4.78 is 6.37. The molecule has 2 aromatic rings. The summed E-state index contributed by atoms with van der Waals surface area (Å²) in [5, 5.41) is 9.94. The molecule has 1 unspecified atom stereocenters. The van der Waals surface area contributed by atoms with Gasteiger partial charge in [0.25, 0.3) is 0 Å². The van der Waals surface area contributed by atoms with E-state index in [1.165, 1.54) is 0 Å². The van der Waals surface area contributed by atoms with Gasteiger partial charge in [0.05, 0.1) is 18.9 Å². The first-order chi connectivity index (χ1) is 9.54. The predicted molar refractivity (Wildman–Crippen MR) is 85.8 cm³/mol. The van der Waals surface area contributed by atoms with Crippen molar-refractivity contribution in [2.75, 3.05) is 19.1 Å². The van der Waals surface area contributed by atoms with Crippen molar-refractivity contribution in [1.29, 1.82) is 0 Å². The number of para-hydroxylation sites is 2. The highest BCUT2D eigenvalue weighted by molar-refractivity contribution is 9.10. The van der Waals surface area contributed by atoms with Gasteiger partial charge >= 0.3 is 0 Å². The normalized spacial score (nSPS) is 12.1. The number of halogens is 1. The van der Waals surface area contributed by atoms with Gasteiger partial charge in [0.1, 0.15) is 5.75 Å². The maximum absolute atomic E-state index is 9.94. The highest BCUT2D eigenvalue weighted by Crippen LogP contribution is 2.37. The SMILES string of the molecule is COc1ccccc1N(C)c1cc(Br)ccc1C(C)O. The van der Waals surface area contributed by atoms with Crippen molar-refractivity contribution in [3.63, 3.8) is 0 Å². The molecule has 4 heteroatoms. The van der Waals surface area contributed by atoms with Crippen LogP contribution in [0.4, 0.5) is 11.4 Å². The Labute approximate surface area is 127 Å². The summed E-state index contributed by atoms with van der Waals surface area (Å²) in [5.74, 6) is 0.798. The number of aliphatic hydroxyl groups excluding tert-OH is 1. The van der Waals surface area contributed by atoms with E-state index < -0.39 is 6.10 Å². The molecule has 0 aromatic heterocycles. The van der Waals surface area contributed by atoms with Crippen LogP contribution in [0.1, 0.15) is 18.6 Å². The zero-order valence-corrected chi connectivity index (χ0v) is 13.4. The first-order valence-electron chi connectivity index (χ1n) is 6.39. The van der Waals surface area contributed by atoms with Crippen LogP contribution >= 0.6 is 15.9 Å². The summed E-state index contributed by atoms with van der Waals surface area (Å²) in [7, 11) is 3.62. The molecule has 3 nitrogen and oxygen atoms in total. The molecule has 0 amide bonds. The molecule has 0 aliphatic heterocycles. The Morgan fingerprint density at radius 3 is 2.50 bits per heavy atom. The van der Waals surface area contributed by atoms with Crippen LogP contribution in [0.25, 0.3) is 0 Å². The van der Waals surface area contributed by atoms with Crippen molar-refractivity contribution in [3.05, 3.63) is 52.5 Å². The average molecular weight is 336 g/mol. The third-order valence-electron chi connectivity index (χ3n) is 3.25. The zero-order valence-electron chi connectivity index (χ0n) is 11.8. The first-order valence-corrected chi connectivity index (χ1v) is 7.18. The van der Waals surface area contributed by atoms with Crippen LogP contribution < -0.4 is 9.64 Å². The molecule has 1 N–H and O–H groups in total. The molecule has 20 heavy (non-hydrogen) atoms. The van der Waals surface area contributed by atoms with Crippen LogP contribution in [0.3, 0.4) is 0 Å². The van der Waals surface area contributed by atoms with Crippen LogP contribution in [0.2, 0.25) is 0 Å². The van der Waals surface area contributed by atoms with Gasteiger partial charge in [-0.3, -0.25) is 0 Å². The van der Waals surface area contributed by atoms with E-state index in [0.29, 0.717) is 0 Å². The molecule has 0 aliphatic carbocycles. The van der Waals surface area contributed by atoms with Crippen molar-refractivity contribution >= 4 is 27.3 Å². The van der Waals surface area contributed by atoms with E-state index in [4.69, 9.17) is 4.74 Å². The van der Waals surface area contributed by atoms with Crippen LogP contribution in [-0.2, 0) is 0 Å². The fraction of sp³-hybridized carbons (Fsp3) is 0.250. The molecule has 0 aliphatic rings. The molecule has 1 atom stereocenters. The number of ether oxygens (including phenoxy) is 1. The number of aliphatic hydroxyl groups is 1. The van der Waals surface area contributed by atoms with E-state index in [1.807, 2.05) is 54.4 Å². The van der Waals surface area contributed by atoms with E-state index in [2.05, 4.69) is 15.9 Å². The number of methoxy groups -OCH3 is 1. The molecular formula is C16H18BrNO2. The predicted octanol–water partition coefficient (Wildman–Crippen LogP) is 4.28. The second kappa shape index (κ2) is 6.29. The zero-order chi connectivity index (χ0) is 14.7. The van der Waals surface area contributed by atoms with Gasteiger partial charge in [-0.2, -0.15) is 0 Å². The Balaban J connectivity index is 2.52. The second-order valence-corrected chi connectivity index (χ2v) is 5.53. The van der Waals surface area contributed by atoms with Gasteiger partial charge in [0.2, 0.25) is 0 Å². The van der Waals surface area contributed by atoms with Crippen molar-refractivity contribution in [1.82, 2.24) is 0 Å². The third-order valence-corrected chi connectivity index (χ3v) is 3.74. The minimum atomic E-state index is -0.532. The van der Waals surface area contributed by atoms with Gasteiger partial charge < -0.3 is 14.7 Å². The monoisotopic (exact) mass is 335 g/mol. The van der Waals surface area contributed by atoms with Gasteiger partial charge in [-0.15, -0.1) is 0 Å². The van der Waals surface area contributed by atoms with Crippen LogP contribution in [0.15, 0.2) is 46.9 Å². The Morgan fingerprint density at radius 2 is 1.85 bits per heavy atom. The molecule has 0 saturated heterocycles. The molecule has 0 fully saturated rings. The molecule has 0 saturated carbocycles. The maximum Gasteiger partial charge on any atom is 0.142 e. The maximum atomic E-state index is 9.94. The standard InChI is InChI=1S/C16H18BrNO2/c1-11(19)13-9-8-12(17)10-15(13)18(2)14-6-4-5-7-16(14)20-3/h4-11,19H,1-3H3. The fourth-order valence-electron chi connectivity index (χ4n) is 2.20. The largest absolute Gasteiger partial charge is 0.495 e. The van der Waals surface area contributed by atoms with E-state index in [0.717, 1.165) is 27.2 Å². The number of anilines is 2. The number of rotatable bonds is 4. The van der Waals surface area contributed by atoms with Crippen molar-refractivity contribution in [3.8, 4) is 5.75 Å². The summed E-state index contributed by atoms with van der Waals surface area (Å²) in [4.78, 5) is 2.02. The minimum absolute atomic E-state index is 0.532. The highest BCUT2D eigenvalue weighted by Gasteiger charge is 2.16. The van der Waals surface area contributed by atoms with Crippen LogP contribution in [0, 0.1) is 0 Å². The topological polar surface area (TPSA) is 32.7 Å². The quantitative estimate of drug-likeness (QED) is 0.905. The first kappa shape index (κ1) is 14.9. The van der Waals surface area contributed by atoms with Crippen LogP contribution in [0.5, 0.6) is 5.75 Å². The Morgan fingerprint density at radius 1 is 1.15 bits per heavy atom. The highest BCUT2D eigenvalue weighted by atomic mass is 79.9. The lowest BCUT2D eigenvalue weighted by atomic mass is 10.1. The summed E-state index contributed by atoms with van der Waals surface area (Å²) >= 11 is 3.48. The van der Waals surface area contributed by atoms with Gasteiger partial charge in [-0.05, 0) is 31.2 Å². The summed E-state index contributed by atoms with van der Waals surface area (Å²) in [6.07, 6.45) is -0.532. The number of hydrogen-bond donors (Lipinski definition) is 1. The molecule has 0 spiro atoms. The van der Waals surface area contributed by atoms with Gasteiger partial charge in [-0.1, -0.05) is 34.1 Å². The molecular weight excluding hydrogens is 318 g/mol. The summed E-state index contributed by atoms with van der Waals surface area (Å²) in [5.41, 5.74) is 2.77. The lowest BCUT2D eigenvalue weighted by Gasteiger charge is -2.25. The third kappa shape index (κ3) is 2.97.